The topological polar surface area (TPSA) is 17.1 Å². The normalized spacial score (nSPS) is 4.33. The molecule has 0 saturated heterocycles. The van der Waals surface area contributed by atoms with Gasteiger partial charge in [0.05, 0.1) is 0 Å². The van der Waals surface area contributed by atoms with Crippen LogP contribution in [0.15, 0.2) is 0 Å². The predicted molar refractivity (Wildman–Crippen MR) is 41.2 cm³/mol. The Morgan fingerprint density at radius 3 is 1.33 bits per heavy atom. The fraction of sp³-hybridized carbons (Fsp3) is 0. The van der Waals surface area contributed by atoms with Crippen molar-refractivity contribution in [1.82, 2.24) is 0 Å². The van der Waals surface area contributed by atoms with Gasteiger partial charge in [0.1, 0.15) is 0 Å². The molecule has 6 heavy (non-hydrogen) atoms. The van der Waals surface area contributed by atoms with Crippen molar-refractivity contribution in [1.29, 1.82) is 0 Å². The van der Waals surface area contributed by atoms with Crippen molar-refractivity contribution in [3.63, 3.8) is 0 Å². The van der Waals surface area contributed by atoms with Gasteiger partial charge < -0.3 is 12.2 Å². The van der Waals surface area contributed by atoms with E-state index in [-0.39, 0.29) is 7.43 Å². The van der Waals surface area contributed by atoms with E-state index in [4.69, 9.17) is 4.79 Å². The maximum atomic E-state index is 7.75. The Hall–Kier alpha value is 1.64. The zero-order valence-electron chi connectivity index (χ0n) is 3.07. The molecule has 0 saturated carbocycles. The van der Waals surface area contributed by atoms with Crippen molar-refractivity contribution in [3.05, 3.63) is 7.43 Å². The van der Waals surface area contributed by atoms with Crippen molar-refractivity contribution in [2.24, 2.45) is 0 Å². The van der Waals surface area contributed by atoms with E-state index in [1.54, 1.807) is 0 Å². The summed E-state index contributed by atoms with van der Waals surface area (Å²) in [6.07, 6.45) is 0. The van der Waals surface area contributed by atoms with Gasteiger partial charge in [0.2, 0.25) is 0 Å². The molecule has 0 aliphatic heterocycles. The summed E-state index contributed by atoms with van der Waals surface area (Å²) in [7, 11) is 1.38. The van der Waals surface area contributed by atoms with Crippen LogP contribution in [-0.4, -0.2) is 6.79 Å². The van der Waals surface area contributed by atoms with E-state index in [0.717, 1.165) is 0 Å². The van der Waals surface area contributed by atoms with Crippen LogP contribution in [0, 0.1) is 7.43 Å². The Kier molecular flexibility index (Phi) is 79.1. The zero-order chi connectivity index (χ0) is 4.71. The molecule has 0 amide bonds. The molecule has 0 fully saturated rings. The van der Waals surface area contributed by atoms with E-state index >= 15 is 0 Å². The second kappa shape index (κ2) is 30.3. The van der Waals surface area contributed by atoms with Gasteiger partial charge in [-0.05, 0) is 0 Å². The van der Waals surface area contributed by atoms with Crippen molar-refractivity contribution in [2.45, 2.75) is 0 Å². The fourth-order valence-electron chi connectivity index (χ4n) is 0. The first kappa shape index (κ1) is 15.6. The summed E-state index contributed by atoms with van der Waals surface area (Å²) < 4.78 is 0. The van der Waals surface area contributed by atoms with Crippen LogP contribution in [0.4, 0.5) is 0 Å². The van der Waals surface area contributed by atoms with Crippen LogP contribution in [0.5, 0.6) is 0 Å². The Bertz CT molecular complexity index is 15.5. The molecule has 0 atom stereocenters. The van der Waals surface area contributed by atoms with E-state index in [1.807, 2.05) is 0 Å². The first-order chi connectivity index (χ1) is 2.41. The standard InChI is InChI=1S/CHO.CH3.Co.2HI/c1-2;;;;/h1H;1H3;;2*1H/q2*-1;+2;;/p-2. The molecule has 0 rings (SSSR count). The molecule has 0 radical (unpaired) electrons. The van der Waals surface area contributed by atoms with Gasteiger partial charge in [0.25, 0.3) is 0 Å². The number of rotatable bonds is 0. The number of halogens is 2. The van der Waals surface area contributed by atoms with Crippen LogP contribution in [0.25, 0.3) is 0 Å². The van der Waals surface area contributed by atoms with Crippen LogP contribution < -0.4 is 0 Å². The molecule has 0 N–H and O–H groups in total. The van der Waals surface area contributed by atoms with Gasteiger partial charge >= 0.3 is 49.1 Å². The minimum absolute atomic E-state index is 0. The van der Waals surface area contributed by atoms with Crippen LogP contribution in [0.2, 0.25) is 0 Å². The number of hydrogen-bond acceptors (Lipinski definition) is 1. The van der Waals surface area contributed by atoms with Crippen molar-refractivity contribution >= 4 is 47.6 Å². The summed E-state index contributed by atoms with van der Waals surface area (Å²) >= 11 is 4.49. The molecule has 0 aromatic rings. The molecule has 0 aromatic carbocycles. The van der Waals surface area contributed by atoms with Gasteiger partial charge in [-0.15, -0.1) is 0 Å². The minimum atomic E-state index is 0. The van der Waals surface area contributed by atoms with Gasteiger partial charge in [-0.2, -0.15) is 0 Å². The van der Waals surface area contributed by atoms with Gasteiger partial charge in [-0.3, -0.25) is 6.79 Å². The molecule has 0 spiro atoms. The molecule has 0 aliphatic carbocycles. The quantitative estimate of drug-likeness (QED) is 0.368. The molecule has 0 aromatic heterocycles. The van der Waals surface area contributed by atoms with Crippen LogP contribution >= 0.6 is 40.8 Å². The number of hydrogen-bond donors (Lipinski definition) is 0. The van der Waals surface area contributed by atoms with Crippen LogP contribution in [0.1, 0.15) is 0 Å². The summed E-state index contributed by atoms with van der Waals surface area (Å²) in [5.74, 6) is 0. The van der Waals surface area contributed by atoms with Gasteiger partial charge in [0.15, 0.2) is 0 Å². The van der Waals surface area contributed by atoms with E-state index < -0.39 is 0 Å². The zero-order valence-corrected chi connectivity index (χ0v) is 8.43. The van der Waals surface area contributed by atoms with E-state index in [1.165, 1.54) is 8.26 Å². The Labute approximate surface area is 67.2 Å². The average molecular weight is 357 g/mol. The second-order valence-electron chi connectivity index (χ2n) is 0.0476. The van der Waals surface area contributed by atoms with Crippen molar-refractivity contribution < 1.29 is 13.1 Å². The average Bonchev–Trinajstić information content (AvgIpc) is 1.46. The molecule has 1 nitrogen and oxygen atoms in total. The summed E-state index contributed by atoms with van der Waals surface area (Å²) in [5.41, 5.74) is 0. The van der Waals surface area contributed by atoms with Crippen LogP contribution in [-0.2, 0) is 13.1 Å². The first-order valence-corrected chi connectivity index (χ1v) is 7.21. The molecule has 4 heteroatoms. The van der Waals surface area contributed by atoms with E-state index in [0.29, 0.717) is 0 Å². The summed E-state index contributed by atoms with van der Waals surface area (Å²) in [6.45, 7) is 3.25. The summed E-state index contributed by atoms with van der Waals surface area (Å²) in [5, 5.41) is 0. The van der Waals surface area contributed by atoms with Gasteiger partial charge in [-0.1, -0.05) is 0 Å². The molecule has 43 valence electrons. The first-order valence-electron chi connectivity index (χ1n) is 0.488. The second-order valence-corrected chi connectivity index (χ2v) is 8.84. The maximum absolute atomic E-state index is 7.75. The van der Waals surface area contributed by atoms with E-state index in [2.05, 4.69) is 47.6 Å². The molecular weight excluding hydrogens is 353 g/mol. The van der Waals surface area contributed by atoms with Crippen molar-refractivity contribution in [3.8, 4) is 0 Å². The Morgan fingerprint density at radius 1 is 1.33 bits per heavy atom. The molecular formula is C2H4CoI2O-2. The fourth-order valence-corrected chi connectivity index (χ4v) is 0. The number of carbonyl (C=O) groups excluding carboxylic acids is 1. The third kappa shape index (κ3) is 45.2. The third-order valence-corrected chi connectivity index (χ3v) is 0. The predicted octanol–water partition coefficient (Wildman–Crippen LogP) is 1.95. The van der Waals surface area contributed by atoms with E-state index in [9.17, 15) is 0 Å². The van der Waals surface area contributed by atoms with Crippen molar-refractivity contribution in [2.75, 3.05) is 0 Å². The molecule has 0 aliphatic rings. The van der Waals surface area contributed by atoms with Gasteiger partial charge in [-0.25, -0.2) is 0 Å². The summed E-state index contributed by atoms with van der Waals surface area (Å²) in [4.78, 5) is 7.75. The Balaban J connectivity index is -0.0000000275. The van der Waals surface area contributed by atoms with Gasteiger partial charge in [0, 0.05) is 0 Å². The summed E-state index contributed by atoms with van der Waals surface area (Å²) in [6, 6.07) is 0. The Morgan fingerprint density at radius 2 is 1.33 bits per heavy atom. The molecule has 0 heterocycles. The third-order valence-electron chi connectivity index (χ3n) is 0. The van der Waals surface area contributed by atoms with Crippen LogP contribution in [0.3, 0.4) is 0 Å². The molecule has 0 bridgehead atoms. The SMILES string of the molecule is [CH-]=O.[CH3-].[I][Co][I]. The molecule has 0 unspecified atom stereocenters. The monoisotopic (exact) mass is 357 g/mol.